The van der Waals surface area contributed by atoms with E-state index in [1.807, 2.05) is 6.92 Å². The van der Waals surface area contributed by atoms with E-state index in [0.29, 0.717) is 5.01 Å². The number of nitrogens with zero attached hydrogens (tertiary/aromatic N) is 3. The highest BCUT2D eigenvalue weighted by Gasteiger charge is 2.39. The molecule has 0 bridgehead atoms. The zero-order valence-electron chi connectivity index (χ0n) is 65.5. The lowest BCUT2D eigenvalue weighted by molar-refractivity contribution is -0.147. The van der Waals surface area contributed by atoms with Gasteiger partial charge in [-0.1, -0.05) is 0 Å². The number of hydrazine groups is 3. The second-order valence-electron chi connectivity index (χ2n) is 17.6. The van der Waals surface area contributed by atoms with Gasteiger partial charge in [-0.3, -0.25) is 141 Å². The molecule has 3 aliphatic heterocycles. The van der Waals surface area contributed by atoms with Crippen molar-refractivity contribution in [3.8, 4) is 0 Å². The molecule has 2 atom stereocenters. The number of carbonyl (C=O) groups is 26. The first-order chi connectivity index (χ1) is 49.3. The third kappa shape index (κ3) is 258. The Morgan fingerprint density at radius 1 is 0.300 bits per heavy atom. The fourth-order valence-corrected chi connectivity index (χ4v) is 4.28. The minimum atomic E-state index is -0.833. The van der Waals surface area contributed by atoms with Crippen LogP contribution in [0.1, 0.15) is 158 Å². The lowest BCUT2D eigenvalue weighted by Gasteiger charge is -2.13. The van der Waals surface area contributed by atoms with Crippen LogP contribution >= 0.6 is 23.5 Å². The molecule has 0 aromatic rings. The molecule has 0 aromatic heterocycles. The molecule has 13 amide bonds. The van der Waals surface area contributed by atoms with E-state index < -0.39 is 107 Å². The second kappa shape index (κ2) is 98.3. The maximum Gasteiger partial charge on any atom is 0.300 e. The number of carbonyl (C=O) groups excluding carboxylic acids is 13. The molecule has 2 saturated heterocycles. The van der Waals surface area contributed by atoms with Crippen LogP contribution in [-0.4, -0.2) is 287 Å². The van der Waals surface area contributed by atoms with Crippen LogP contribution in [-0.2, 0) is 125 Å². The predicted octanol–water partition coefficient (Wildman–Crippen LogP) is -1.40. The van der Waals surface area contributed by atoms with Crippen molar-refractivity contribution in [2.24, 2.45) is 0 Å². The summed E-state index contributed by atoms with van der Waals surface area (Å²) in [6.45, 7) is 26.4. The number of amides is 13. The van der Waals surface area contributed by atoms with E-state index in [0.717, 1.165) is 119 Å². The molecule has 0 spiro atoms. The van der Waals surface area contributed by atoms with Gasteiger partial charge in [-0.05, 0) is 19.4 Å². The number of imide groups is 3. The van der Waals surface area contributed by atoms with Crippen LogP contribution in [0.25, 0.3) is 0 Å². The van der Waals surface area contributed by atoms with Crippen LogP contribution in [0.5, 0.6) is 0 Å². The number of aliphatic carboxylic acids is 13. The van der Waals surface area contributed by atoms with Crippen molar-refractivity contribution in [2.75, 3.05) is 40.2 Å². The van der Waals surface area contributed by atoms with Crippen molar-refractivity contribution in [3.63, 3.8) is 0 Å². The summed E-state index contributed by atoms with van der Waals surface area (Å²) in [6, 6.07) is 0. The average molecular weight is 1650 g/mol. The zero-order chi connectivity index (χ0) is 92.8. The van der Waals surface area contributed by atoms with Gasteiger partial charge in [0.1, 0.15) is 0 Å². The van der Waals surface area contributed by atoms with Crippen molar-refractivity contribution in [2.45, 2.75) is 169 Å². The number of nitrogens with one attached hydrogen (secondary N) is 7. The molecule has 110 heavy (non-hydrogen) atoms. The van der Waals surface area contributed by atoms with Gasteiger partial charge in [-0.15, -0.1) is 0 Å². The molecule has 0 aliphatic carbocycles. The SMILES string of the molecule is CC(=O)NN1C(=O)C=CC1=O.CC(=O)O.CC(=O)O.CC(=O)O.CC(=O)O.CC(=O)O.CC(=O)O.CC(=O)O.CC(=O)O.CC(=O)O.CC(=O)O.CC(=O)O.CC(=O)O.CC(=O)O.CCNC(C)=O.CNC(C)=O.CNC(C)=O.CNC(C)=O.CSC1CC(=O)N(NC(C)=O)C1=O.CSC1CC(=O)N(NC(C)=O)C1=O. The summed E-state index contributed by atoms with van der Waals surface area (Å²) in [5, 5.41) is 108. The fraction of sp³-hybridized carbons (Fsp3) is 0.525. The minimum absolute atomic E-state index is 0.00463. The first-order valence-electron chi connectivity index (χ1n) is 28.8. The van der Waals surface area contributed by atoms with Crippen LogP contribution in [0.15, 0.2) is 12.2 Å². The Morgan fingerprint density at radius 3 is 0.518 bits per heavy atom. The van der Waals surface area contributed by atoms with E-state index in [-0.39, 0.29) is 70.6 Å². The van der Waals surface area contributed by atoms with Gasteiger partial charge < -0.3 is 87.7 Å². The molecule has 51 heteroatoms. The Labute approximate surface area is 640 Å². The van der Waals surface area contributed by atoms with Crippen LogP contribution < -0.4 is 37.5 Å². The largest absolute Gasteiger partial charge is 0.481 e. The number of hydrogen-bond donors (Lipinski definition) is 20. The van der Waals surface area contributed by atoms with Gasteiger partial charge in [0.05, 0.1) is 10.5 Å². The van der Waals surface area contributed by atoms with Gasteiger partial charge in [0, 0.05) is 191 Å². The normalized spacial score (nSPS) is 11.2. The van der Waals surface area contributed by atoms with Crippen LogP contribution in [0, 0.1) is 0 Å². The van der Waals surface area contributed by atoms with E-state index in [9.17, 15) is 62.3 Å². The third-order valence-corrected chi connectivity index (χ3v) is 7.75. The molecule has 3 rings (SSSR count). The lowest BCUT2D eigenvalue weighted by Crippen LogP contribution is -2.45. The summed E-state index contributed by atoms with van der Waals surface area (Å²) >= 11 is 2.62. The zero-order valence-corrected chi connectivity index (χ0v) is 67.2. The molecule has 2 unspecified atom stereocenters. The maximum atomic E-state index is 11.4. The highest BCUT2D eigenvalue weighted by atomic mass is 32.2. The Hall–Kier alpha value is -12.7. The van der Waals surface area contributed by atoms with Gasteiger partial charge >= 0.3 is 0 Å². The summed E-state index contributed by atoms with van der Waals surface area (Å²) < 4.78 is 0. The molecule has 640 valence electrons. The number of carboxylic acids is 13. The predicted molar refractivity (Wildman–Crippen MR) is 387 cm³/mol. The Balaban J connectivity index is -0.0000000564. The monoisotopic (exact) mass is 1640 g/mol. The quantitative estimate of drug-likeness (QED) is 0.136. The molecule has 20 N–H and O–H groups in total. The Morgan fingerprint density at radius 2 is 0.436 bits per heavy atom. The molecule has 0 radical (unpaired) electrons. The first kappa shape index (κ1) is 140. The number of carboxylic acid groups (broad SMARTS) is 13. The Bertz CT molecular complexity index is 2440. The van der Waals surface area contributed by atoms with Crippen molar-refractivity contribution in [1.82, 2.24) is 52.6 Å². The van der Waals surface area contributed by atoms with Crippen LogP contribution in [0.4, 0.5) is 0 Å². The van der Waals surface area contributed by atoms with E-state index in [1.165, 1.54) is 72.0 Å². The summed E-state index contributed by atoms with van der Waals surface area (Å²) in [5.41, 5.74) is 6.45. The van der Waals surface area contributed by atoms with Crippen molar-refractivity contribution in [3.05, 3.63) is 12.2 Å². The number of thioether (sulfide) groups is 2. The van der Waals surface area contributed by atoms with Crippen molar-refractivity contribution in [1.29, 1.82) is 0 Å². The van der Waals surface area contributed by atoms with Crippen molar-refractivity contribution >= 4 is 178 Å². The summed E-state index contributed by atoms with van der Waals surface area (Å²) in [5.74, 6) is -14.5. The molecule has 0 saturated carbocycles. The van der Waals surface area contributed by atoms with E-state index in [4.69, 9.17) is 129 Å². The van der Waals surface area contributed by atoms with Gasteiger partial charge in [-0.2, -0.15) is 38.6 Å². The molecule has 3 heterocycles. The van der Waals surface area contributed by atoms with Crippen LogP contribution in [0.2, 0.25) is 0 Å². The number of hydrogen-bond acceptors (Lipinski definition) is 28. The van der Waals surface area contributed by atoms with Gasteiger partial charge in [0.25, 0.3) is 101 Å². The van der Waals surface area contributed by atoms with Crippen LogP contribution in [0.3, 0.4) is 0 Å². The molecule has 0 aromatic carbocycles. The Kier molecular flexibility index (Phi) is 125. The molecule has 3 aliphatic rings. The van der Waals surface area contributed by atoms with E-state index in [1.54, 1.807) is 33.7 Å². The maximum absolute atomic E-state index is 11.4. The summed E-state index contributed by atoms with van der Waals surface area (Å²) in [6.07, 6.45) is 6.04. The molecule has 2 fully saturated rings. The summed E-state index contributed by atoms with van der Waals surface area (Å²) in [7, 11) is 4.80. The van der Waals surface area contributed by atoms with Gasteiger partial charge in [0.15, 0.2) is 0 Å². The summed E-state index contributed by atoms with van der Waals surface area (Å²) in [4.78, 5) is 254. The van der Waals surface area contributed by atoms with Gasteiger partial charge in [0.2, 0.25) is 53.2 Å². The molecule has 49 nitrogen and oxygen atoms in total. The standard InChI is InChI=1S/2C7H10N2O3S.C6H6N2O3.C4H9NO.3C3H7NO.13C2H4O2/c2*1-4(10)8-9-6(11)3-5(13-2)7(9)12;1-4(9)7-8-5(10)2-3-6(8)11;1-3-5-4(2)6;3*1-3(5)4-2;13*1-2(3)4/h2*5H,3H2,1-2H3,(H,8,10);2-3H,1H3,(H,7,9);3H2,1-2H3,(H,5,6);3*1-2H3,(H,4,5);13*1H3,(H,3,4). The average Bonchev–Trinajstić information content (AvgIpc) is 1.71. The molecular weight excluding hydrogens is 1540 g/mol. The molecular formula is C59H108N10O39S2. The first-order valence-corrected chi connectivity index (χ1v) is 31.4. The smallest absolute Gasteiger partial charge is 0.300 e. The minimum Gasteiger partial charge on any atom is -0.481 e. The van der Waals surface area contributed by atoms with Crippen molar-refractivity contribution < 1.29 is 191 Å². The third-order valence-electron chi connectivity index (χ3n) is 5.88. The highest BCUT2D eigenvalue weighted by molar-refractivity contribution is 8.00. The van der Waals surface area contributed by atoms with E-state index in [2.05, 4.69) is 37.5 Å². The lowest BCUT2D eigenvalue weighted by atomic mass is 10.4. The highest BCUT2D eigenvalue weighted by Crippen LogP contribution is 2.22. The van der Waals surface area contributed by atoms with Gasteiger partial charge in [-0.25, -0.2) is 0 Å². The second-order valence-corrected chi connectivity index (χ2v) is 19.7. The fourth-order valence-electron chi connectivity index (χ4n) is 3.04. The number of rotatable bonds is 6. The topological polar surface area (TPSA) is 801 Å². The van der Waals surface area contributed by atoms with E-state index >= 15 is 0 Å².